The third kappa shape index (κ3) is 1.59. The van der Waals surface area contributed by atoms with E-state index in [2.05, 4.69) is 10.4 Å². The molecule has 1 amide bonds. The predicted molar refractivity (Wildman–Crippen MR) is 60.9 cm³/mol. The van der Waals surface area contributed by atoms with Crippen molar-refractivity contribution >= 4 is 6.09 Å². The van der Waals surface area contributed by atoms with Gasteiger partial charge in [0.1, 0.15) is 0 Å². The Bertz CT molecular complexity index is 452. The summed E-state index contributed by atoms with van der Waals surface area (Å²) in [5, 5.41) is 16.8. The highest BCUT2D eigenvalue weighted by Crippen LogP contribution is 2.26. The minimum atomic E-state index is -0.845. The summed E-state index contributed by atoms with van der Waals surface area (Å²) in [5.74, 6) is 0. The van der Waals surface area contributed by atoms with Crippen molar-refractivity contribution < 1.29 is 9.90 Å². The normalized spacial score (nSPS) is 24.3. The number of fused-ring (bicyclic) bond motifs is 1. The molecule has 1 fully saturated rings. The van der Waals surface area contributed by atoms with Crippen molar-refractivity contribution in [3.8, 4) is 0 Å². The molecule has 0 aromatic carbocycles. The van der Waals surface area contributed by atoms with Crippen LogP contribution < -0.4 is 5.32 Å². The lowest BCUT2D eigenvalue weighted by Gasteiger charge is -2.34. The molecule has 0 spiro atoms. The molecule has 0 unspecified atom stereocenters. The molecule has 92 valence electrons. The van der Waals surface area contributed by atoms with E-state index in [4.69, 9.17) is 5.11 Å². The van der Waals surface area contributed by atoms with Crippen molar-refractivity contribution in [3.05, 3.63) is 17.5 Å². The van der Waals surface area contributed by atoms with E-state index >= 15 is 0 Å². The van der Waals surface area contributed by atoms with Crippen LogP contribution in [0.15, 0.2) is 6.20 Å². The van der Waals surface area contributed by atoms with Gasteiger partial charge in [-0.3, -0.25) is 9.58 Å². The Balaban J connectivity index is 1.91. The SMILES string of the molecule is C[C@@H]1Cc2cnn(C3CNC3)c2CN1C(=O)O. The maximum Gasteiger partial charge on any atom is 0.407 e. The number of hydrogen-bond donors (Lipinski definition) is 2. The smallest absolute Gasteiger partial charge is 0.407 e. The van der Waals surface area contributed by atoms with Gasteiger partial charge < -0.3 is 10.4 Å². The molecule has 2 N–H and O–H groups in total. The van der Waals surface area contributed by atoms with E-state index in [0.717, 1.165) is 25.2 Å². The molecule has 6 heteroatoms. The van der Waals surface area contributed by atoms with Crippen LogP contribution in [0.5, 0.6) is 0 Å². The summed E-state index contributed by atoms with van der Waals surface area (Å²) in [4.78, 5) is 12.6. The first-order chi connectivity index (χ1) is 8.16. The second-order valence-corrected chi connectivity index (χ2v) is 4.84. The zero-order chi connectivity index (χ0) is 12.0. The molecule has 0 saturated carbocycles. The number of aromatic nitrogens is 2. The van der Waals surface area contributed by atoms with Crippen molar-refractivity contribution in [1.82, 2.24) is 20.0 Å². The number of nitrogens with zero attached hydrogens (tertiary/aromatic N) is 3. The van der Waals surface area contributed by atoms with Crippen molar-refractivity contribution in [3.63, 3.8) is 0 Å². The lowest BCUT2D eigenvalue weighted by molar-refractivity contribution is 0.116. The summed E-state index contributed by atoms with van der Waals surface area (Å²) < 4.78 is 1.99. The zero-order valence-electron chi connectivity index (χ0n) is 9.76. The van der Waals surface area contributed by atoms with Crippen molar-refractivity contribution in [2.45, 2.75) is 32.0 Å². The van der Waals surface area contributed by atoms with E-state index in [9.17, 15) is 4.79 Å². The van der Waals surface area contributed by atoms with Crippen molar-refractivity contribution in [2.24, 2.45) is 0 Å². The van der Waals surface area contributed by atoms with Crippen LogP contribution in [-0.2, 0) is 13.0 Å². The molecule has 1 aromatic heterocycles. The molecule has 17 heavy (non-hydrogen) atoms. The van der Waals surface area contributed by atoms with Crippen molar-refractivity contribution in [1.29, 1.82) is 0 Å². The average Bonchev–Trinajstić information content (AvgIpc) is 2.57. The highest BCUT2D eigenvalue weighted by atomic mass is 16.4. The number of carboxylic acid groups (broad SMARTS) is 1. The average molecular weight is 236 g/mol. The number of carbonyl (C=O) groups is 1. The number of hydrogen-bond acceptors (Lipinski definition) is 3. The molecule has 1 saturated heterocycles. The molecule has 3 rings (SSSR count). The Labute approximate surface area is 99.2 Å². The monoisotopic (exact) mass is 236 g/mol. The van der Waals surface area contributed by atoms with Crippen LogP contribution in [0.1, 0.15) is 24.2 Å². The minimum Gasteiger partial charge on any atom is -0.465 e. The number of rotatable bonds is 1. The molecule has 2 aliphatic heterocycles. The van der Waals surface area contributed by atoms with Gasteiger partial charge in [0, 0.05) is 19.1 Å². The molecule has 0 bridgehead atoms. The lowest BCUT2D eigenvalue weighted by Crippen LogP contribution is -2.47. The molecular formula is C11H16N4O2. The first kappa shape index (κ1) is 10.6. The van der Waals surface area contributed by atoms with Gasteiger partial charge in [-0.2, -0.15) is 5.10 Å². The fraction of sp³-hybridized carbons (Fsp3) is 0.636. The van der Waals surface area contributed by atoms with Crippen LogP contribution in [0.2, 0.25) is 0 Å². The maximum atomic E-state index is 11.1. The Hall–Kier alpha value is -1.56. The number of amides is 1. The largest absolute Gasteiger partial charge is 0.465 e. The third-order valence-corrected chi connectivity index (χ3v) is 3.70. The zero-order valence-corrected chi connectivity index (χ0v) is 9.76. The van der Waals surface area contributed by atoms with Gasteiger partial charge in [-0.25, -0.2) is 4.79 Å². The van der Waals surface area contributed by atoms with Gasteiger partial charge in [0.2, 0.25) is 0 Å². The van der Waals surface area contributed by atoms with Crippen molar-refractivity contribution in [2.75, 3.05) is 13.1 Å². The molecule has 0 radical (unpaired) electrons. The molecule has 0 aliphatic carbocycles. The van der Waals surface area contributed by atoms with Crippen LogP contribution in [-0.4, -0.2) is 45.0 Å². The molecule has 3 heterocycles. The Morgan fingerprint density at radius 2 is 2.35 bits per heavy atom. The molecule has 1 atom stereocenters. The summed E-state index contributed by atoms with van der Waals surface area (Å²) in [6, 6.07) is 0.431. The van der Waals surface area contributed by atoms with Crippen LogP contribution in [0.3, 0.4) is 0 Å². The Kier molecular flexibility index (Phi) is 2.32. The summed E-state index contributed by atoms with van der Waals surface area (Å²) >= 11 is 0. The quantitative estimate of drug-likeness (QED) is 0.743. The first-order valence-electron chi connectivity index (χ1n) is 5.92. The van der Waals surface area contributed by atoms with E-state index in [0.29, 0.717) is 12.6 Å². The van der Waals surface area contributed by atoms with E-state index < -0.39 is 6.09 Å². The van der Waals surface area contributed by atoms with E-state index in [1.165, 1.54) is 10.5 Å². The second kappa shape index (κ2) is 3.73. The summed E-state index contributed by atoms with van der Waals surface area (Å²) in [6.07, 6.45) is 1.81. The van der Waals surface area contributed by atoms with Gasteiger partial charge in [0.15, 0.2) is 0 Å². The van der Waals surface area contributed by atoms with Crippen LogP contribution in [0, 0.1) is 0 Å². The maximum absolute atomic E-state index is 11.1. The first-order valence-corrected chi connectivity index (χ1v) is 5.92. The van der Waals surface area contributed by atoms with Crippen LogP contribution >= 0.6 is 0 Å². The van der Waals surface area contributed by atoms with Gasteiger partial charge in [-0.1, -0.05) is 0 Å². The summed E-state index contributed by atoms with van der Waals surface area (Å²) in [7, 11) is 0. The Morgan fingerprint density at radius 3 is 2.94 bits per heavy atom. The molecular weight excluding hydrogens is 220 g/mol. The van der Waals surface area contributed by atoms with Crippen LogP contribution in [0.4, 0.5) is 4.79 Å². The third-order valence-electron chi connectivity index (χ3n) is 3.70. The summed E-state index contributed by atoms with van der Waals surface area (Å²) in [6.45, 7) is 4.26. The lowest BCUT2D eigenvalue weighted by atomic mass is 10.0. The number of nitrogens with one attached hydrogen (secondary N) is 1. The highest BCUT2D eigenvalue weighted by Gasteiger charge is 2.32. The fourth-order valence-corrected chi connectivity index (χ4v) is 2.53. The highest BCUT2D eigenvalue weighted by molar-refractivity contribution is 5.66. The second-order valence-electron chi connectivity index (χ2n) is 4.84. The predicted octanol–water partition coefficient (Wildman–Crippen LogP) is 0.452. The van der Waals surface area contributed by atoms with E-state index in [1.807, 2.05) is 17.8 Å². The van der Waals surface area contributed by atoms with Crippen LogP contribution in [0.25, 0.3) is 0 Å². The topological polar surface area (TPSA) is 70.4 Å². The molecule has 2 aliphatic rings. The Morgan fingerprint density at radius 1 is 1.59 bits per heavy atom. The van der Waals surface area contributed by atoms with Gasteiger partial charge in [-0.15, -0.1) is 0 Å². The van der Waals surface area contributed by atoms with E-state index in [-0.39, 0.29) is 6.04 Å². The van der Waals surface area contributed by atoms with Gasteiger partial charge in [0.05, 0.1) is 24.5 Å². The van der Waals surface area contributed by atoms with E-state index in [1.54, 1.807) is 0 Å². The van der Waals surface area contributed by atoms with Gasteiger partial charge in [-0.05, 0) is 18.9 Å². The van der Waals surface area contributed by atoms with Gasteiger partial charge >= 0.3 is 6.09 Å². The molecule has 1 aromatic rings. The standard InChI is InChI=1S/C11H16N4O2/c1-7-2-8-3-13-15(9-4-12-5-9)10(8)6-14(7)11(16)17/h3,7,9,12H,2,4-6H2,1H3,(H,16,17)/t7-/m1/s1. The molecule has 6 nitrogen and oxygen atoms in total. The van der Waals surface area contributed by atoms with Gasteiger partial charge in [0.25, 0.3) is 0 Å². The summed E-state index contributed by atoms with van der Waals surface area (Å²) in [5.41, 5.74) is 2.26. The fourth-order valence-electron chi connectivity index (χ4n) is 2.53. The minimum absolute atomic E-state index is 0.0390.